The van der Waals surface area contributed by atoms with Crippen LogP contribution in [0.15, 0.2) is 200 Å². The van der Waals surface area contributed by atoms with Crippen LogP contribution < -0.4 is 0 Å². The molecule has 0 aliphatic heterocycles. The molecular formula is C72H57ClN2. The number of aryl methyl sites for hydroxylation is 8. The first-order chi connectivity index (χ1) is 36.4. The normalized spacial score (nSPS) is 11.8. The maximum absolute atomic E-state index is 8.40. The number of aromatic nitrogens is 2. The summed E-state index contributed by atoms with van der Waals surface area (Å²) in [5.41, 5.74) is 28.3. The minimum absolute atomic E-state index is 0.695. The minimum Gasteiger partial charge on any atom is -0.343 e. The number of hydrogen-bond acceptors (Lipinski definition) is 0. The van der Waals surface area contributed by atoms with Gasteiger partial charge in [0.2, 0.25) is 0 Å². The van der Waals surface area contributed by atoms with E-state index in [1.54, 1.807) is 0 Å². The molecular weight excluding hydrogens is 928 g/mol. The Labute approximate surface area is 444 Å². The topological polar surface area (TPSA) is 9.86 Å². The van der Waals surface area contributed by atoms with Gasteiger partial charge in [-0.05, 0) is 208 Å². The molecule has 0 spiro atoms. The lowest BCUT2D eigenvalue weighted by Crippen LogP contribution is -2.00. The van der Waals surface area contributed by atoms with E-state index < -0.39 is 0 Å². The van der Waals surface area contributed by atoms with Crippen molar-refractivity contribution < 1.29 is 0 Å². The zero-order valence-electron chi connectivity index (χ0n) is 43.8. The molecule has 75 heavy (non-hydrogen) atoms. The van der Waals surface area contributed by atoms with Gasteiger partial charge in [-0.1, -0.05) is 157 Å². The third-order valence-corrected chi connectivity index (χ3v) is 16.7. The summed E-state index contributed by atoms with van der Waals surface area (Å²) in [6.07, 6.45) is 0. The summed E-state index contributed by atoms with van der Waals surface area (Å²) in [6.45, 7) is 15.6. The summed E-state index contributed by atoms with van der Waals surface area (Å²) in [5.74, 6) is 0. The number of nitrogens with zero attached hydrogens (tertiary/aromatic N) is 2. The van der Waals surface area contributed by atoms with E-state index >= 15 is 0 Å². The maximum atomic E-state index is 8.40. The SMILES string of the molecule is Cc1ccccc1-c1cc(-c2cc(-c3ccccc3C)cc3c4cc(-c5ccccc5C)ccc4n(C)c23)c(Cl)c(-n2c3ccc(-c4c(C)cccc4C)cc3c3c4ccccc4c(-c4c(C)cccc4C)cc32)c1. The Morgan fingerprint density at radius 1 is 0.307 bits per heavy atom. The standard InChI is InChI=1S/C72H57ClN2/c1-42-19-9-12-26-53(42)49-31-33-64-58(35-49)61-38-51(54-27-13-10-20-43(54)2)39-62(72(61)74(64)8)60-37-52(55-28-14-11-21-44(55)3)40-67(71(60)73)75-65-34-32-50(68-45(4)22-17-23-46(68)5)36-63(65)70-57-30-16-15-29-56(57)59(41-66(70)75)69-47(6)24-18-25-48(69)7/h9-41H,1-8H3. The molecule has 2 heterocycles. The average Bonchev–Trinajstić information content (AvgIpc) is 3.96. The highest BCUT2D eigenvalue weighted by Crippen LogP contribution is 2.49. The van der Waals surface area contributed by atoms with E-state index in [-0.39, 0.29) is 0 Å². The zero-order valence-corrected chi connectivity index (χ0v) is 44.6. The molecule has 0 aliphatic carbocycles. The first kappa shape index (κ1) is 46.4. The Hall–Kier alpha value is -8.43. The van der Waals surface area contributed by atoms with Crippen LogP contribution in [0.5, 0.6) is 0 Å². The van der Waals surface area contributed by atoms with Crippen molar-refractivity contribution in [1.82, 2.24) is 9.13 Å². The highest BCUT2D eigenvalue weighted by atomic mass is 35.5. The van der Waals surface area contributed by atoms with Crippen LogP contribution >= 0.6 is 11.6 Å². The van der Waals surface area contributed by atoms with E-state index in [1.807, 2.05) is 0 Å². The highest BCUT2D eigenvalue weighted by molar-refractivity contribution is 6.37. The second kappa shape index (κ2) is 17.9. The molecule has 0 fully saturated rings. The number of fused-ring (bicyclic) bond motifs is 8. The lowest BCUT2D eigenvalue weighted by molar-refractivity contribution is 1.02. The number of hydrogen-bond donors (Lipinski definition) is 0. The van der Waals surface area contributed by atoms with Gasteiger partial charge >= 0.3 is 0 Å². The Morgan fingerprint density at radius 3 is 1.41 bits per heavy atom. The molecule has 2 nitrogen and oxygen atoms in total. The summed E-state index contributed by atoms with van der Waals surface area (Å²) in [4.78, 5) is 0. The number of benzene rings is 11. The van der Waals surface area contributed by atoms with Gasteiger partial charge in [-0.25, -0.2) is 0 Å². The van der Waals surface area contributed by atoms with Crippen LogP contribution in [-0.2, 0) is 7.05 Å². The quantitative estimate of drug-likeness (QED) is 0.151. The summed E-state index contributed by atoms with van der Waals surface area (Å²) < 4.78 is 4.87. The van der Waals surface area contributed by atoms with Gasteiger partial charge in [0, 0.05) is 45.2 Å². The van der Waals surface area contributed by atoms with Crippen LogP contribution in [0.3, 0.4) is 0 Å². The molecule has 0 unspecified atom stereocenters. The molecule has 0 amide bonds. The third-order valence-electron chi connectivity index (χ3n) is 16.3. The van der Waals surface area contributed by atoms with Crippen LogP contribution in [0, 0.1) is 48.5 Å². The second-order valence-corrected chi connectivity index (χ2v) is 21.4. The molecule has 0 N–H and O–H groups in total. The predicted molar refractivity (Wildman–Crippen MR) is 323 cm³/mol. The fourth-order valence-electron chi connectivity index (χ4n) is 12.7. The predicted octanol–water partition coefficient (Wildman–Crippen LogP) is 20.4. The summed E-state index contributed by atoms with van der Waals surface area (Å²) >= 11 is 8.40. The van der Waals surface area contributed by atoms with Gasteiger partial charge in [-0.15, -0.1) is 0 Å². The largest absolute Gasteiger partial charge is 0.343 e. The minimum atomic E-state index is 0.695. The number of rotatable bonds is 7. The lowest BCUT2D eigenvalue weighted by atomic mass is 9.89. The fraction of sp³-hybridized carbons (Fsp3) is 0.111. The van der Waals surface area contributed by atoms with Gasteiger partial charge in [-0.3, -0.25) is 0 Å². The van der Waals surface area contributed by atoms with Crippen molar-refractivity contribution in [2.24, 2.45) is 7.05 Å². The molecule has 0 aliphatic rings. The van der Waals surface area contributed by atoms with Crippen LogP contribution in [0.2, 0.25) is 5.02 Å². The van der Waals surface area contributed by atoms with Crippen molar-refractivity contribution in [2.45, 2.75) is 48.5 Å². The number of halogens is 1. The van der Waals surface area contributed by atoms with Gasteiger partial charge in [0.15, 0.2) is 0 Å². The van der Waals surface area contributed by atoms with Crippen molar-refractivity contribution in [3.8, 4) is 72.4 Å². The molecule has 362 valence electrons. The van der Waals surface area contributed by atoms with E-state index in [4.69, 9.17) is 11.6 Å². The fourth-order valence-corrected chi connectivity index (χ4v) is 13.0. The van der Waals surface area contributed by atoms with Gasteiger partial charge in [0.05, 0.1) is 27.3 Å². The van der Waals surface area contributed by atoms with Crippen molar-refractivity contribution in [3.05, 3.63) is 244 Å². The maximum Gasteiger partial charge on any atom is 0.0726 e. The zero-order chi connectivity index (χ0) is 51.4. The highest BCUT2D eigenvalue weighted by Gasteiger charge is 2.26. The van der Waals surface area contributed by atoms with Crippen molar-refractivity contribution in [1.29, 1.82) is 0 Å². The first-order valence-corrected chi connectivity index (χ1v) is 26.5. The van der Waals surface area contributed by atoms with Gasteiger partial charge < -0.3 is 9.13 Å². The summed E-state index contributed by atoms with van der Waals surface area (Å²) in [6, 6.07) is 74.5. The first-order valence-electron chi connectivity index (χ1n) is 26.2. The van der Waals surface area contributed by atoms with Crippen LogP contribution in [0.1, 0.15) is 38.9 Å². The molecule has 11 aromatic carbocycles. The Kier molecular flexibility index (Phi) is 11.1. The van der Waals surface area contributed by atoms with Crippen LogP contribution in [0.25, 0.3) is 127 Å². The Balaban J connectivity index is 1.19. The third kappa shape index (κ3) is 7.37. The molecule has 13 rings (SSSR count). The van der Waals surface area contributed by atoms with Crippen molar-refractivity contribution in [2.75, 3.05) is 0 Å². The molecule has 3 heteroatoms. The molecule has 0 atom stereocenters. The monoisotopic (exact) mass is 984 g/mol. The smallest absolute Gasteiger partial charge is 0.0726 e. The average molecular weight is 986 g/mol. The van der Waals surface area contributed by atoms with E-state index in [1.165, 1.54) is 121 Å². The molecule has 0 radical (unpaired) electrons. The van der Waals surface area contributed by atoms with E-state index in [2.05, 4.69) is 265 Å². The van der Waals surface area contributed by atoms with E-state index in [9.17, 15) is 0 Å². The Morgan fingerprint density at radius 2 is 0.787 bits per heavy atom. The van der Waals surface area contributed by atoms with Crippen LogP contribution in [0.4, 0.5) is 0 Å². The summed E-state index contributed by atoms with van der Waals surface area (Å²) in [5, 5.41) is 7.95. The molecule has 0 bridgehead atoms. The Bertz CT molecular complexity index is 4480. The van der Waals surface area contributed by atoms with Gasteiger partial charge in [0.1, 0.15) is 0 Å². The molecule has 2 aromatic heterocycles. The van der Waals surface area contributed by atoms with Crippen molar-refractivity contribution in [3.63, 3.8) is 0 Å². The van der Waals surface area contributed by atoms with Crippen LogP contribution in [-0.4, -0.2) is 9.13 Å². The molecule has 0 saturated carbocycles. The summed E-state index contributed by atoms with van der Waals surface area (Å²) in [7, 11) is 2.22. The van der Waals surface area contributed by atoms with E-state index in [0.29, 0.717) is 5.02 Å². The van der Waals surface area contributed by atoms with Crippen molar-refractivity contribution >= 4 is 66.0 Å². The molecule has 0 saturated heterocycles. The van der Waals surface area contributed by atoms with Gasteiger partial charge in [-0.2, -0.15) is 0 Å². The molecule has 13 aromatic rings. The van der Waals surface area contributed by atoms with Gasteiger partial charge in [0.25, 0.3) is 0 Å². The van der Waals surface area contributed by atoms with E-state index in [0.717, 1.165) is 44.5 Å². The second-order valence-electron chi connectivity index (χ2n) is 21.0. The lowest BCUT2D eigenvalue weighted by Gasteiger charge is -2.20.